The summed E-state index contributed by atoms with van der Waals surface area (Å²) >= 11 is 0. The second-order valence-corrected chi connectivity index (χ2v) is 7.62. The molecule has 5 rings (SSSR count). The van der Waals surface area contributed by atoms with Crippen LogP contribution in [0.5, 0.6) is 0 Å². The van der Waals surface area contributed by atoms with Crippen molar-refractivity contribution in [2.75, 3.05) is 20.2 Å². The van der Waals surface area contributed by atoms with Gasteiger partial charge >= 0.3 is 5.97 Å². The number of nitrogens with zero attached hydrogens (tertiary/aromatic N) is 2. The summed E-state index contributed by atoms with van der Waals surface area (Å²) in [5.74, 6) is 0.898. The summed E-state index contributed by atoms with van der Waals surface area (Å²) in [6, 6.07) is 8.90. The second kappa shape index (κ2) is 5.46. The van der Waals surface area contributed by atoms with Gasteiger partial charge in [0, 0.05) is 30.1 Å². The minimum atomic E-state index is -0.224. The Labute approximate surface area is 148 Å². The van der Waals surface area contributed by atoms with Crippen LogP contribution in [0.15, 0.2) is 30.3 Å². The number of benzene rings is 1. The maximum Gasteiger partial charge on any atom is 0.354 e. The molecule has 1 saturated heterocycles. The fourth-order valence-electron chi connectivity index (χ4n) is 5.32. The molecular weight excluding hydrogens is 312 g/mol. The van der Waals surface area contributed by atoms with Crippen LogP contribution in [0.1, 0.15) is 37.1 Å². The Morgan fingerprint density at radius 3 is 2.96 bits per heavy atom. The Morgan fingerprint density at radius 2 is 2.16 bits per heavy atom. The van der Waals surface area contributed by atoms with Gasteiger partial charge in [-0.1, -0.05) is 31.5 Å². The molecule has 0 aliphatic carbocycles. The molecule has 0 radical (unpaired) electrons. The first kappa shape index (κ1) is 15.2. The highest BCUT2D eigenvalue weighted by atomic mass is 16.5. The van der Waals surface area contributed by atoms with Gasteiger partial charge in [-0.15, -0.1) is 0 Å². The van der Waals surface area contributed by atoms with E-state index in [-0.39, 0.29) is 5.97 Å². The van der Waals surface area contributed by atoms with Crippen molar-refractivity contribution in [2.45, 2.75) is 32.2 Å². The first-order chi connectivity index (χ1) is 12.2. The highest BCUT2D eigenvalue weighted by Crippen LogP contribution is 2.50. The molecule has 0 spiro atoms. The van der Waals surface area contributed by atoms with E-state index in [0.717, 1.165) is 18.5 Å². The van der Waals surface area contributed by atoms with E-state index in [2.05, 4.69) is 46.7 Å². The van der Waals surface area contributed by atoms with E-state index >= 15 is 0 Å². The third-order valence-electron chi connectivity index (χ3n) is 6.43. The summed E-state index contributed by atoms with van der Waals surface area (Å²) in [4.78, 5) is 15.2. The largest absolute Gasteiger partial charge is 0.464 e. The summed E-state index contributed by atoms with van der Waals surface area (Å²) in [6.45, 7) is 4.59. The van der Waals surface area contributed by atoms with Gasteiger partial charge in [0.1, 0.15) is 5.70 Å². The Kier molecular flexibility index (Phi) is 3.32. The SMILES string of the molecule is CC[C@@H]1C[C@@H]2C=C(C(=O)OC)n3c4c(c5ccccc53)CCN(C1)[C@@H]42. The van der Waals surface area contributed by atoms with Gasteiger partial charge in [0.2, 0.25) is 0 Å². The number of fused-ring (bicyclic) bond motifs is 3. The van der Waals surface area contributed by atoms with Gasteiger partial charge in [-0.05, 0) is 36.5 Å². The van der Waals surface area contributed by atoms with E-state index in [4.69, 9.17) is 4.74 Å². The molecule has 4 nitrogen and oxygen atoms in total. The quantitative estimate of drug-likeness (QED) is 0.786. The zero-order valence-corrected chi connectivity index (χ0v) is 14.9. The van der Waals surface area contributed by atoms with Crippen molar-refractivity contribution in [2.24, 2.45) is 11.8 Å². The van der Waals surface area contributed by atoms with Crippen molar-refractivity contribution in [3.05, 3.63) is 41.6 Å². The number of rotatable bonds is 2. The predicted molar refractivity (Wildman–Crippen MR) is 98.1 cm³/mol. The van der Waals surface area contributed by atoms with Gasteiger partial charge in [0.05, 0.1) is 18.7 Å². The Hall–Kier alpha value is -2.07. The topological polar surface area (TPSA) is 34.5 Å². The minimum Gasteiger partial charge on any atom is -0.464 e. The number of methoxy groups -OCH3 is 1. The van der Waals surface area contributed by atoms with Gasteiger partial charge in [-0.25, -0.2) is 4.79 Å². The first-order valence-corrected chi connectivity index (χ1v) is 9.39. The van der Waals surface area contributed by atoms with Gasteiger partial charge in [-0.2, -0.15) is 0 Å². The molecule has 0 amide bonds. The number of piperidine rings is 1. The molecule has 0 saturated carbocycles. The molecule has 0 bridgehead atoms. The number of carbonyl (C=O) groups excluding carboxylic acids is 1. The van der Waals surface area contributed by atoms with E-state index in [1.54, 1.807) is 0 Å². The van der Waals surface area contributed by atoms with Crippen LogP contribution in [0.2, 0.25) is 0 Å². The molecule has 130 valence electrons. The normalized spacial score (nSPS) is 27.8. The van der Waals surface area contributed by atoms with Crippen LogP contribution in [-0.2, 0) is 16.0 Å². The van der Waals surface area contributed by atoms with Crippen molar-refractivity contribution in [3.63, 3.8) is 0 Å². The zero-order chi connectivity index (χ0) is 17.1. The molecular formula is C21H24N2O2. The number of esters is 1. The predicted octanol–water partition coefficient (Wildman–Crippen LogP) is 3.61. The lowest BCUT2D eigenvalue weighted by atomic mass is 9.76. The molecule has 4 heteroatoms. The highest BCUT2D eigenvalue weighted by Gasteiger charge is 2.45. The lowest BCUT2D eigenvalue weighted by Gasteiger charge is -2.48. The van der Waals surface area contributed by atoms with Gasteiger partial charge in [-0.3, -0.25) is 4.90 Å². The van der Waals surface area contributed by atoms with Crippen molar-refractivity contribution >= 4 is 22.6 Å². The Bertz CT molecular complexity index is 895. The first-order valence-electron chi connectivity index (χ1n) is 9.39. The van der Waals surface area contributed by atoms with E-state index < -0.39 is 0 Å². The zero-order valence-electron chi connectivity index (χ0n) is 14.9. The third kappa shape index (κ3) is 2.00. The van der Waals surface area contributed by atoms with Crippen LogP contribution in [0.4, 0.5) is 0 Å². The molecule has 0 N–H and O–H groups in total. The lowest BCUT2D eigenvalue weighted by molar-refractivity contribution is -0.134. The molecule has 3 aliphatic heterocycles. The summed E-state index contributed by atoms with van der Waals surface area (Å²) in [5, 5.41) is 1.30. The maximum absolute atomic E-state index is 12.6. The van der Waals surface area contributed by atoms with Crippen molar-refractivity contribution in [1.29, 1.82) is 0 Å². The lowest BCUT2D eigenvalue weighted by Crippen LogP contribution is -2.48. The molecule has 2 aromatic rings. The van der Waals surface area contributed by atoms with Crippen LogP contribution in [0, 0.1) is 11.8 Å². The second-order valence-electron chi connectivity index (χ2n) is 7.62. The van der Waals surface area contributed by atoms with Gasteiger partial charge in [0.25, 0.3) is 0 Å². The number of hydrogen-bond acceptors (Lipinski definition) is 3. The fraction of sp³-hybridized carbons (Fsp3) is 0.476. The van der Waals surface area contributed by atoms with E-state index in [1.807, 2.05) is 0 Å². The molecule has 1 aromatic heterocycles. The number of hydrogen-bond donors (Lipinski definition) is 0. The van der Waals surface area contributed by atoms with Crippen LogP contribution < -0.4 is 0 Å². The Balaban J connectivity index is 1.79. The molecule has 1 fully saturated rings. The average Bonchev–Trinajstić information content (AvgIpc) is 3.00. The van der Waals surface area contributed by atoms with Crippen molar-refractivity contribution in [1.82, 2.24) is 9.47 Å². The summed E-state index contributed by atoms with van der Waals surface area (Å²) in [5.41, 5.74) is 4.63. The molecule has 3 aliphatic rings. The number of para-hydroxylation sites is 1. The highest BCUT2D eigenvalue weighted by molar-refractivity contribution is 6.13. The monoisotopic (exact) mass is 336 g/mol. The van der Waals surface area contributed by atoms with Crippen LogP contribution in [-0.4, -0.2) is 35.6 Å². The van der Waals surface area contributed by atoms with Crippen molar-refractivity contribution < 1.29 is 9.53 Å². The van der Waals surface area contributed by atoms with E-state index in [1.165, 1.54) is 43.1 Å². The average molecular weight is 336 g/mol. The molecule has 3 atom stereocenters. The van der Waals surface area contributed by atoms with Crippen molar-refractivity contribution in [3.8, 4) is 0 Å². The Morgan fingerprint density at radius 1 is 1.32 bits per heavy atom. The molecule has 4 heterocycles. The van der Waals surface area contributed by atoms with Gasteiger partial charge in [0.15, 0.2) is 0 Å². The molecule has 25 heavy (non-hydrogen) atoms. The maximum atomic E-state index is 12.6. The molecule has 0 unspecified atom stereocenters. The minimum absolute atomic E-state index is 0.224. The van der Waals surface area contributed by atoms with Crippen LogP contribution in [0.25, 0.3) is 16.6 Å². The summed E-state index contributed by atoms with van der Waals surface area (Å²) in [7, 11) is 1.48. The number of ether oxygens (including phenoxy) is 1. The fourth-order valence-corrected chi connectivity index (χ4v) is 5.32. The number of aromatic nitrogens is 1. The summed E-state index contributed by atoms with van der Waals surface area (Å²) in [6.07, 6.45) is 5.63. The molecule has 1 aromatic carbocycles. The van der Waals surface area contributed by atoms with Crippen LogP contribution >= 0.6 is 0 Å². The standard InChI is InChI=1S/C21H24N2O2/c1-3-13-10-14-11-18(21(24)25-2)23-17-7-5-4-6-15(17)16-8-9-22(12-13)19(14)20(16)23/h4-7,11,13-14,19H,3,8-10,12H2,1-2H3/t13-,14-,19-/m1/s1. The summed E-state index contributed by atoms with van der Waals surface area (Å²) < 4.78 is 7.33. The van der Waals surface area contributed by atoms with Crippen LogP contribution in [0.3, 0.4) is 0 Å². The van der Waals surface area contributed by atoms with E-state index in [9.17, 15) is 4.79 Å². The van der Waals surface area contributed by atoms with Gasteiger partial charge < -0.3 is 9.30 Å². The smallest absolute Gasteiger partial charge is 0.354 e. The van der Waals surface area contributed by atoms with E-state index in [0.29, 0.717) is 23.6 Å². The third-order valence-corrected chi connectivity index (χ3v) is 6.43. The number of carbonyl (C=O) groups is 1.